The van der Waals surface area contributed by atoms with Crippen LogP contribution in [0.25, 0.3) is 0 Å². The summed E-state index contributed by atoms with van der Waals surface area (Å²) in [6.45, 7) is 2.18. The monoisotopic (exact) mass is 293 g/mol. The predicted octanol–water partition coefficient (Wildman–Crippen LogP) is 2.49. The van der Waals surface area contributed by atoms with Gasteiger partial charge in [-0.3, -0.25) is 9.89 Å². The Bertz CT molecular complexity index is 572. The average molecular weight is 294 g/mol. The van der Waals surface area contributed by atoms with E-state index in [1.165, 1.54) is 0 Å². The van der Waals surface area contributed by atoms with Gasteiger partial charge in [0.2, 0.25) is 0 Å². The van der Waals surface area contributed by atoms with Gasteiger partial charge in [-0.2, -0.15) is 5.10 Å². The number of hydrogen-bond donors (Lipinski definition) is 1. The minimum Gasteiger partial charge on any atom is -0.479 e. The summed E-state index contributed by atoms with van der Waals surface area (Å²) in [6, 6.07) is 7.09. The fourth-order valence-electron chi connectivity index (χ4n) is 1.81. The summed E-state index contributed by atoms with van der Waals surface area (Å²) in [5, 5.41) is 7.05. The molecule has 0 radical (unpaired) electrons. The van der Waals surface area contributed by atoms with Gasteiger partial charge >= 0.3 is 0 Å². The zero-order valence-electron chi connectivity index (χ0n) is 11.3. The number of nitrogens with zero attached hydrogens (tertiary/aromatic N) is 2. The smallest absolute Gasteiger partial charge is 0.263 e. The van der Waals surface area contributed by atoms with Crippen molar-refractivity contribution < 1.29 is 9.53 Å². The highest BCUT2D eigenvalue weighted by atomic mass is 35.5. The quantitative estimate of drug-likeness (QED) is 0.921. The number of ether oxygens (including phenoxy) is 1. The van der Waals surface area contributed by atoms with Crippen molar-refractivity contribution in [2.75, 3.05) is 7.05 Å². The molecule has 0 saturated carbocycles. The molecule has 2 aromatic rings. The Morgan fingerprint density at radius 3 is 2.90 bits per heavy atom. The predicted molar refractivity (Wildman–Crippen MR) is 76.6 cm³/mol. The minimum atomic E-state index is -0.605. The number of likely N-dealkylation sites (N-methyl/N-ethyl adjacent to an activating group) is 1. The second kappa shape index (κ2) is 6.43. The van der Waals surface area contributed by atoms with Crippen molar-refractivity contribution in [2.24, 2.45) is 0 Å². The summed E-state index contributed by atoms with van der Waals surface area (Å²) in [5.41, 5.74) is 0.936. The molecule has 0 aliphatic rings. The highest BCUT2D eigenvalue weighted by Gasteiger charge is 2.20. The number of nitrogens with one attached hydrogen (secondary N) is 1. The van der Waals surface area contributed by atoms with Crippen LogP contribution in [-0.2, 0) is 11.3 Å². The Morgan fingerprint density at radius 2 is 2.25 bits per heavy atom. The van der Waals surface area contributed by atoms with Crippen LogP contribution in [-0.4, -0.2) is 34.2 Å². The van der Waals surface area contributed by atoms with Gasteiger partial charge in [0.25, 0.3) is 5.91 Å². The van der Waals surface area contributed by atoms with E-state index in [-0.39, 0.29) is 5.91 Å². The Labute approximate surface area is 122 Å². The Hall–Kier alpha value is -2.01. The fraction of sp³-hybridized carbons (Fsp3) is 0.286. The van der Waals surface area contributed by atoms with E-state index < -0.39 is 6.10 Å². The number of halogens is 1. The van der Waals surface area contributed by atoms with E-state index in [1.807, 2.05) is 12.1 Å². The summed E-state index contributed by atoms with van der Waals surface area (Å²) in [4.78, 5) is 13.8. The first-order chi connectivity index (χ1) is 9.58. The molecule has 106 valence electrons. The molecule has 0 spiro atoms. The van der Waals surface area contributed by atoms with Crippen molar-refractivity contribution in [3.8, 4) is 5.75 Å². The number of amides is 1. The van der Waals surface area contributed by atoms with Crippen LogP contribution in [0.3, 0.4) is 0 Å². The van der Waals surface area contributed by atoms with Crippen LogP contribution < -0.4 is 4.74 Å². The van der Waals surface area contributed by atoms with Crippen LogP contribution in [0.2, 0.25) is 5.02 Å². The molecule has 0 aliphatic heterocycles. The summed E-state index contributed by atoms with van der Waals surface area (Å²) in [6.07, 6.45) is 2.83. The molecular weight excluding hydrogens is 278 g/mol. The van der Waals surface area contributed by atoms with Crippen molar-refractivity contribution in [3.63, 3.8) is 0 Å². The van der Waals surface area contributed by atoms with Crippen LogP contribution in [0.15, 0.2) is 36.7 Å². The second-order valence-electron chi connectivity index (χ2n) is 4.49. The van der Waals surface area contributed by atoms with E-state index in [2.05, 4.69) is 10.2 Å². The largest absolute Gasteiger partial charge is 0.479 e. The maximum Gasteiger partial charge on any atom is 0.263 e. The lowest BCUT2D eigenvalue weighted by Gasteiger charge is -2.22. The number of aromatic amines is 1. The van der Waals surface area contributed by atoms with Gasteiger partial charge in [-0.1, -0.05) is 23.7 Å². The molecule has 1 unspecified atom stereocenters. The molecule has 6 heteroatoms. The number of H-pyrrole nitrogens is 1. The first-order valence-electron chi connectivity index (χ1n) is 6.21. The first-order valence-corrected chi connectivity index (χ1v) is 6.59. The maximum absolute atomic E-state index is 12.2. The molecule has 1 N–H and O–H groups in total. The number of benzene rings is 1. The lowest BCUT2D eigenvalue weighted by atomic mass is 10.3. The van der Waals surface area contributed by atoms with E-state index in [1.54, 1.807) is 43.4 Å². The van der Waals surface area contributed by atoms with Gasteiger partial charge < -0.3 is 9.64 Å². The van der Waals surface area contributed by atoms with Crippen molar-refractivity contribution in [1.29, 1.82) is 0 Å². The third kappa shape index (κ3) is 3.51. The summed E-state index contributed by atoms with van der Waals surface area (Å²) >= 11 is 6.01. The molecular formula is C14H16ClN3O2. The number of carbonyl (C=O) groups is 1. The lowest BCUT2D eigenvalue weighted by molar-refractivity contribution is -0.137. The zero-order chi connectivity index (χ0) is 14.5. The molecule has 0 bridgehead atoms. The van der Waals surface area contributed by atoms with Gasteiger partial charge in [0, 0.05) is 25.4 Å². The normalized spacial score (nSPS) is 11.9. The van der Waals surface area contributed by atoms with E-state index in [0.717, 1.165) is 5.56 Å². The molecule has 0 saturated heterocycles. The number of rotatable bonds is 5. The van der Waals surface area contributed by atoms with Crippen molar-refractivity contribution in [3.05, 3.63) is 47.2 Å². The van der Waals surface area contributed by atoms with Gasteiger partial charge in [-0.05, 0) is 19.1 Å². The molecule has 1 amide bonds. The third-order valence-electron chi connectivity index (χ3n) is 2.84. The second-order valence-corrected chi connectivity index (χ2v) is 4.90. The molecule has 1 atom stereocenters. The number of para-hydroxylation sites is 1. The maximum atomic E-state index is 12.2. The molecule has 2 rings (SSSR count). The summed E-state index contributed by atoms with van der Waals surface area (Å²) < 4.78 is 5.60. The van der Waals surface area contributed by atoms with Crippen molar-refractivity contribution in [2.45, 2.75) is 19.6 Å². The van der Waals surface area contributed by atoms with Gasteiger partial charge in [-0.15, -0.1) is 0 Å². The van der Waals surface area contributed by atoms with E-state index >= 15 is 0 Å². The molecule has 0 aliphatic carbocycles. The van der Waals surface area contributed by atoms with Crippen LogP contribution in [0.5, 0.6) is 5.75 Å². The van der Waals surface area contributed by atoms with Gasteiger partial charge in [0.05, 0.1) is 11.2 Å². The van der Waals surface area contributed by atoms with Crippen LogP contribution in [0, 0.1) is 0 Å². The number of aromatic nitrogens is 2. The Morgan fingerprint density at radius 1 is 1.50 bits per heavy atom. The molecule has 1 heterocycles. The molecule has 1 aromatic heterocycles. The number of carbonyl (C=O) groups excluding carboxylic acids is 1. The van der Waals surface area contributed by atoms with Gasteiger partial charge in [0.15, 0.2) is 6.10 Å². The van der Waals surface area contributed by atoms with Gasteiger partial charge in [0.1, 0.15) is 5.75 Å². The zero-order valence-corrected chi connectivity index (χ0v) is 12.1. The highest BCUT2D eigenvalue weighted by molar-refractivity contribution is 6.32. The van der Waals surface area contributed by atoms with Crippen LogP contribution in [0.4, 0.5) is 0 Å². The molecule has 5 nitrogen and oxygen atoms in total. The van der Waals surface area contributed by atoms with E-state index in [4.69, 9.17) is 16.3 Å². The third-order valence-corrected chi connectivity index (χ3v) is 3.15. The van der Waals surface area contributed by atoms with Gasteiger partial charge in [-0.25, -0.2) is 0 Å². The fourth-order valence-corrected chi connectivity index (χ4v) is 1.99. The Balaban J connectivity index is 1.96. The number of hydrogen-bond acceptors (Lipinski definition) is 3. The highest BCUT2D eigenvalue weighted by Crippen LogP contribution is 2.24. The minimum absolute atomic E-state index is 0.119. The Kier molecular flexibility index (Phi) is 4.63. The van der Waals surface area contributed by atoms with E-state index in [9.17, 15) is 4.79 Å². The van der Waals surface area contributed by atoms with E-state index in [0.29, 0.717) is 17.3 Å². The average Bonchev–Trinajstić information content (AvgIpc) is 2.93. The SMILES string of the molecule is CC(Oc1ccccc1Cl)C(=O)N(C)Cc1cn[nH]c1. The van der Waals surface area contributed by atoms with Crippen LogP contribution in [0.1, 0.15) is 12.5 Å². The van der Waals surface area contributed by atoms with Crippen molar-refractivity contribution >= 4 is 17.5 Å². The first kappa shape index (κ1) is 14.4. The van der Waals surface area contributed by atoms with Crippen LogP contribution >= 0.6 is 11.6 Å². The molecule has 1 aromatic carbocycles. The van der Waals surface area contributed by atoms with Crippen molar-refractivity contribution in [1.82, 2.24) is 15.1 Å². The topological polar surface area (TPSA) is 58.2 Å². The lowest BCUT2D eigenvalue weighted by Crippen LogP contribution is -2.37. The molecule has 0 fully saturated rings. The molecule has 20 heavy (non-hydrogen) atoms. The standard InChI is InChI=1S/C14H16ClN3O2/c1-10(20-13-6-4-3-5-12(13)15)14(19)18(2)9-11-7-16-17-8-11/h3-8,10H,9H2,1-2H3,(H,16,17). The summed E-state index contributed by atoms with van der Waals surface area (Å²) in [5.74, 6) is 0.387. The summed E-state index contributed by atoms with van der Waals surface area (Å²) in [7, 11) is 1.72.